The number of esters is 1. The molecule has 85 heavy (non-hydrogen) atoms. The van der Waals surface area contributed by atoms with E-state index in [1.807, 2.05) is 33.3 Å². The Labute approximate surface area is 523 Å². The Balaban J connectivity index is 5.26. The van der Waals surface area contributed by atoms with E-state index in [0.717, 1.165) is 128 Å². The number of phosphoric acid groups is 1. The number of unbranched alkanes of at least 4 members (excludes halogenated alkanes) is 22. The zero-order chi connectivity index (χ0) is 62.1. The Kier molecular flexibility index (Phi) is 59.9. The van der Waals surface area contributed by atoms with E-state index < -0.39 is 26.6 Å². The molecule has 0 aromatic carbocycles. The summed E-state index contributed by atoms with van der Waals surface area (Å²) in [4.78, 5) is 40.2. The van der Waals surface area contributed by atoms with Gasteiger partial charge in [0.25, 0.3) is 7.82 Å². The van der Waals surface area contributed by atoms with Gasteiger partial charge in [-0.25, -0.2) is 0 Å². The van der Waals surface area contributed by atoms with E-state index in [0.29, 0.717) is 23.9 Å². The summed E-state index contributed by atoms with van der Waals surface area (Å²) in [5, 5.41) is 3.01. The summed E-state index contributed by atoms with van der Waals surface area (Å²) in [6.45, 7) is 6.57. The molecular formula is C75H127N2O7P. The molecule has 0 fully saturated rings. The van der Waals surface area contributed by atoms with Gasteiger partial charge in [-0.3, -0.25) is 14.2 Å². The van der Waals surface area contributed by atoms with Gasteiger partial charge in [-0.1, -0.05) is 270 Å². The summed E-state index contributed by atoms with van der Waals surface area (Å²) >= 11 is 0. The van der Waals surface area contributed by atoms with Crippen molar-refractivity contribution in [3.63, 3.8) is 0 Å². The molecule has 1 N–H and O–H groups in total. The third-order valence-corrected chi connectivity index (χ3v) is 15.2. The smallest absolute Gasteiger partial charge is 0.306 e. The molecule has 0 aliphatic heterocycles. The molecule has 0 aromatic heterocycles. The highest BCUT2D eigenvalue weighted by Crippen LogP contribution is 2.38. The number of hydrogen-bond acceptors (Lipinski definition) is 7. The van der Waals surface area contributed by atoms with E-state index in [1.165, 1.54) is 89.9 Å². The summed E-state index contributed by atoms with van der Waals surface area (Å²) in [5.74, 6) is -0.606. The number of hydrogen-bond donors (Lipinski definition) is 1. The molecule has 0 heterocycles. The van der Waals surface area contributed by atoms with Crippen LogP contribution in [0.4, 0.5) is 0 Å². The largest absolute Gasteiger partial charge is 0.756 e. The summed E-state index contributed by atoms with van der Waals surface area (Å²) in [5.41, 5.74) is 0. The molecule has 0 spiro atoms. The first-order chi connectivity index (χ1) is 41.4. The average molecular weight is 1200 g/mol. The second kappa shape index (κ2) is 62.9. The Morgan fingerprint density at radius 1 is 0.424 bits per heavy atom. The topological polar surface area (TPSA) is 114 Å². The lowest BCUT2D eigenvalue weighted by Crippen LogP contribution is -2.47. The standard InChI is InChI=1S/C75H127N2O7P/c1-7-10-13-16-19-22-25-28-30-32-34-36-37-38-39-41-43-45-47-50-53-56-59-62-65-68-75(79)84-73(66-63-60-57-54-51-48-27-24-21-18-15-12-9-3)72(71-83-85(80,81)82-70-69-77(4,5)6)76-74(78)67-64-61-58-55-52-49-46-44-42-40-35-33-31-29-26-23-20-17-14-11-8-2/h10-11,13-14,19-20,22-23,28-31,34-36,38-40,44,46,52,55,63,66,72-73H,7-9,12,15-18,21,24-27,32-33,37,41-43,45,47-51,53-54,56-62,64-65,67-71H2,1-6H3,(H-,76,78,80,81)/b13-10-,14-11-,22-19-,23-20-,30-28-,31-29-,36-34-,39-38-,40-35-,46-44-,55-52-,66-63+. The van der Waals surface area contributed by atoms with Gasteiger partial charge < -0.3 is 28.5 Å². The monoisotopic (exact) mass is 1200 g/mol. The van der Waals surface area contributed by atoms with Crippen molar-refractivity contribution < 1.29 is 37.3 Å². The molecule has 0 aromatic rings. The van der Waals surface area contributed by atoms with Crippen molar-refractivity contribution in [2.45, 2.75) is 277 Å². The van der Waals surface area contributed by atoms with Gasteiger partial charge in [0.2, 0.25) is 5.91 Å². The molecule has 0 rings (SSSR count). The molecule has 3 unspecified atom stereocenters. The van der Waals surface area contributed by atoms with E-state index in [-0.39, 0.29) is 31.3 Å². The molecule has 0 aliphatic carbocycles. The summed E-state index contributed by atoms with van der Waals surface area (Å²) in [6.07, 6.45) is 91.1. The fourth-order valence-electron chi connectivity index (χ4n) is 9.08. The van der Waals surface area contributed by atoms with Crippen LogP contribution >= 0.6 is 7.82 Å². The van der Waals surface area contributed by atoms with Crippen molar-refractivity contribution in [2.24, 2.45) is 0 Å². The minimum atomic E-state index is -4.73. The van der Waals surface area contributed by atoms with Crippen LogP contribution in [0.1, 0.15) is 265 Å². The number of carbonyl (C=O) groups excluding carboxylic acids is 2. The minimum absolute atomic E-state index is 0.0399. The number of amides is 1. The number of quaternary nitrogens is 1. The van der Waals surface area contributed by atoms with Gasteiger partial charge in [-0.2, -0.15) is 0 Å². The maximum Gasteiger partial charge on any atom is 0.306 e. The van der Waals surface area contributed by atoms with Crippen LogP contribution in [0.2, 0.25) is 0 Å². The predicted octanol–water partition coefficient (Wildman–Crippen LogP) is 21.1. The SMILES string of the molecule is CC/C=C\C/C=C\C/C=C\C/C=C\C/C=C\C/C=C\CCCCC(=O)NC(COP(=O)([O-])OCC[N+](C)(C)C)C(/C=C/CCCCCCCCCCCCC)OC(=O)CCCCCCCCCCC/C=C\C/C=C\C/C=C\C/C=C\C/C=C\CC. The maximum atomic E-state index is 13.6. The number of rotatable bonds is 60. The number of carbonyl (C=O) groups is 2. The van der Waals surface area contributed by atoms with Crippen LogP contribution in [0, 0.1) is 0 Å². The molecule has 0 aliphatic rings. The Morgan fingerprint density at radius 3 is 1.14 bits per heavy atom. The van der Waals surface area contributed by atoms with Gasteiger partial charge in [-0.05, 0) is 128 Å². The van der Waals surface area contributed by atoms with Crippen LogP contribution in [0.25, 0.3) is 0 Å². The zero-order valence-electron chi connectivity index (χ0n) is 55.3. The second-order valence-electron chi connectivity index (χ2n) is 23.6. The van der Waals surface area contributed by atoms with Gasteiger partial charge in [-0.15, -0.1) is 0 Å². The molecule has 3 atom stereocenters. The van der Waals surface area contributed by atoms with E-state index >= 15 is 0 Å². The van der Waals surface area contributed by atoms with Crippen LogP contribution in [-0.4, -0.2) is 69.4 Å². The van der Waals surface area contributed by atoms with Gasteiger partial charge in [0.15, 0.2) is 0 Å². The van der Waals surface area contributed by atoms with Gasteiger partial charge in [0.05, 0.1) is 33.8 Å². The van der Waals surface area contributed by atoms with Crippen molar-refractivity contribution in [1.29, 1.82) is 0 Å². The van der Waals surface area contributed by atoms with Crippen LogP contribution in [-0.2, 0) is 27.9 Å². The molecule has 484 valence electrons. The lowest BCUT2D eigenvalue weighted by molar-refractivity contribution is -0.870. The van der Waals surface area contributed by atoms with Crippen molar-refractivity contribution in [2.75, 3.05) is 40.9 Å². The Morgan fingerprint density at radius 2 is 0.753 bits per heavy atom. The van der Waals surface area contributed by atoms with Crippen LogP contribution in [0.15, 0.2) is 146 Å². The van der Waals surface area contributed by atoms with Crippen molar-refractivity contribution >= 4 is 19.7 Å². The highest BCUT2D eigenvalue weighted by atomic mass is 31.2. The van der Waals surface area contributed by atoms with Crippen molar-refractivity contribution in [3.05, 3.63) is 146 Å². The molecule has 1 amide bonds. The second-order valence-corrected chi connectivity index (χ2v) is 25.0. The normalized spacial score (nSPS) is 14.5. The van der Waals surface area contributed by atoms with Gasteiger partial charge in [0, 0.05) is 12.8 Å². The number of phosphoric ester groups is 1. The van der Waals surface area contributed by atoms with E-state index in [9.17, 15) is 19.0 Å². The minimum Gasteiger partial charge on any atom is -0.756 e. The van der Waals surface area contributed by atoms with E-state index in [4.69, 9.17) is 13.8 Å². The molecule has 9 nitrogen and oxygen atoms in total. The first-order valence-electron chi connectivity index (χ1n) is 34.1. The predicted molar refractivity (Wildman–Crippen MR) is 366 cm³/mol. The third kappa shape index (κ3) is 64.2. The quantitative estimate of drug-likeness (QED) is 0.0212. The fraction of sp³-hybridized carbons (Fsp3) is 0.653. The number of nitrogens with zero attached hydrogens (tertiary/aromatic N) is 1. The molecule has 0 radical (unpaired) electrons. The van der Waals surface area contributed by atoms with Gasteiger partial charge >= 0.3 is 5.97 Å². The highest BCUT2D eigenvalue weighted by Gasteiger charge is 2.27. The molecule has 0 saturated heterocycles. The molecule has 0 bridgehead atoms. The lowest BCUT2D eigenvalue weighted by Gasteiger charge is -2.30. The Bertz CT molecular complexity index is 1960. The summed E-state index contributed by atoms with van der Waals surface area (Å²) < 4.78 is 30.4. The number of likely N-dealkylation sites (N-methyl/N-ethyl adjacent to an activating group) is 1. The average Bonchev–Trinajstić information content (AvgIpc) is 3.50. The van der Waals surface area contributed by atoms with E-state index in [2.05, 4.69) is 160 Å². The summed E-state index contributed by atoms with van der Waals surface area (Å²) in [7, 11) is 1.13. The Hall–Kier alpha value is -4.11. The first-order valence-corrected chi connectivity index (χ1v) is 35.6. The molecular weight excluding hydrogens is 1070 g/mol. The van der Waals surface area contributed by atoms with Crippen LogP contribution in [0.5, 0.6) is 0 Å². The molecule has 10 heteroatoms. The number of allylic oxidation sites excluding steroid dienone is 23. The van der Waals surface area contributed by atoms with Gasteiger partial charge in [0.1, 0.15) is 19.3 Å². The lowest BCUT2D eigenvalue weighted by atomic mass is 10.0. The van der Waals surface area contributed by atoms with Crippen LogP contribution in [0.3, 0.4) is 0 Å². The van der Waals surface area contributed by atoms with E-state index in [1.54, 1.807) is 0 Å². The molecule has 0 saturated carbocycles. The van der Waals surface area contributed by atoms with Crippen molar-refractivity contribution in [3.8, 4) is 0 Å². The number of nitrogens with one attached hydrogen (secondary N) is 1. The highest BCUT2D eigenvalue weighted by molar-refractivity contribution is 7.45. The summed E-state index contributed by atoms with van der Waals surface area (Å²) in [6, 6.07) is -0.926. The van der Waals surface area contributed by atoms with Crippen molar-refractivity contribution in [1.82, 2.24) is 5.32 Å². The third-order valence-electron chi connectivity index (χ3n) is 14.3. The van der Waals surface area contributed by atoms with Crippen LogP contribution < -0.4 is 10.2 Å². The zero-order valence-corrected chi connectivity index (χ0v) is 56.1. The number of ether oxygens (including phenoxy) is 1. The maximum absolute atomic E-state index is 13.6. The fourth-order valence-corrected chi connectivity index (χ4v) is 9.80. The first kappa shape index (κ1) is 80.9.